The predicted molar refractivity (Wildman–Crippen MR) is 195 cm³/mol. The number of rotatable bonds is 7. The molecule has 5 aromatic rings. The van der Waals surface area contributed by atoms with E-state index in [4.69, 9.17) is 0 Å². The van der Waals surface area contributed by atoms with Crippen LogP contribution in [0, 0.1) is 6.92 Å². The van der Waals surface area contributed by atoms with Crippen LogP contribution in [-0.2, 0) is 44.2 Å². The molecule has 1 N–H and O–H groups in total. The molecule has 50 heavy (non-hydrogen) atoms. The van der Waals surface area contributed by atoms with Gasteiger partial charge in [0.2, 0.25) is 5.91 Å². The number of amides is 3. The Kier molecular flexibility index (Phi) is 9.12. The standard InChI is InChI=1S/C42H42N4O4/c1-28-36(41(49)44(3)34-16-8-5-9-17-34)24-39(43(28)2)37-22-31-18-19-45(40(48)20-29-12-6-4-7-13-29)25-33(31)23-38(37)42(50)46-26-32-15-11-10-14-30(32)21-35(46)27-47/h4-17,22-24,35,47H,18-21,25-27H2,1-3H3/t35-/m0/s1. The van der Waals surface area contributed by atoms with Gasteiger partial charge in [-0.1, -0.05) is 72.8 Å². The van der Waals surface area contributed by atoms with Crippen LogP contribution < -0.4 is 4.90 Å². The van der Waals surface area contributed by atoms with Gasteiger partial charge in [0.1, 0.15) is 0 Å². The van der Waals surface area contributed by atoms with Crippen molar-refractivity contribution in [1.29, 1.82) is 0 Å². The molecule has 0 bridgehead atoms. The summed E-state index contributed by atoms with van der Waals surface area (Å²) < 4.78 is 1.98. The molecule has 0 aliphatic carbocycles. The highest BCUT2D eigenvalue weighted by Gasteiger charge is 2.33. The second-order valence-electron chi connectivity index (χ2n) is 13.4. The first kappa shape index (κ1) is 33.0. The van der Waals surface area contributed by atoms with Gasteiger partial charge in [-0.25, -0.2) is 0 Å². The van der Waals surface area contributed by atoms with Gasteiger partial charge < -0.3 is 24.4 Å². The lowest BCUT2D eigenvalue weighted by atomic mass is 9.89. The number of benzene rings is 4. The fraction of sp³-hybridized carbons (Fsp3) is 0.262. The van der Waals surface area contributed by atoms with Crippen molar-refractivity contribution in [2.75, 3.05) is 25.1 Å². The zero-order valence-electron chi connectivity index (χ0n) is 28.8. The Morgan fingerprint density at radius 2 is 1.48 bits per heavy atom. The first-order valence-electron chi connectivity index (χ1n) is 17.2. The fourth-order valence-corrected chi connectivity index (χ4v) is 7.36. The molecule has 2 aliphatic heterocycles. The number of fused-ring (bicyclic) bond motifs is 2. The Morgan fingerprint density at radius 3 is 2.20 bits per heavy atom. The zero-order valence-corrected chi connectivity index (χ0v) is 28.8. The third-order valence-corrected chi connectivity index (χ3v) is 10.5. The molecule has 4 aromatic carbocycles. The van der Waals surface area contributed by atoms with Gasteiger partial charge >= 0.3 is 0 Å². The van der Waals surface area contributed by atoms with Crippen LogP contribution in [0.3, 0.4) is 0 Å². The van der Waals surface area contributed by atoms with E-state index >= 15 is 0 Å². The second-order valence-corrected chi connectivity index (χ2v) is 13.4. The van der Waals surface area contributed by atoms with Gasteiger partial charge in [-0.2, -0.15) is 0 Å². The molecule has 1 aromatic heterocycles. The minimum absolute atomic E-state index is 0.0514. The molecule has 254 valence electrons. The van der Waals surface area contributed by atoms with Crippen molar-refractivity contribution in [1.82, 2.24) is 14.4 Å². The number of hydrogen-bond donors (Lipinski definition) is 1. The van der Waals surface area contributed by atoms with Gasteiger partial charge in [0.05, 0.1) is 24.6 Å². The Bertz CT molecular complexity index is 2070. The van der Waals surface area contributed by atoms with Crippen LogP contribution in [-0.4, -0.2) is 63.4 Å². The summed E-state index contributed by atoms with van der Waals surface area (Å²) in [7, 11) is 3.70. The van der Waals surface area contributed by atoms with E-state index in [1.165, 1.54) is 0 Å². The maximum Gasteiger partial charge on any atom is 0.259 e. The largest absolute Gasteiger partial charge is 0.394 e. The Hall–Kier alpha value is -5.47. The number of aliphatic hydroxyl groups excluding tert-OH is 1. The number of aromatic nitrogens is 1. The summed E-state index contributed by atoms with van der Waals surface area (Å²) in [5.74, 6) is -0.269. The molecule has 0 unspecified atom stereocenters. The maximum atomic E-state index is 14.8. The van der Waals surface area contributed by atoms with Gasteiger partial charge in [0.25, 0.3) is 11.8 Å². The van der Waals surface area contributed by atoms with Crippen molar-refractivity contribution in [3.8, 4) is 11.3 Å². The number of para-hydroxylation sites is 1. The number of aliphatic hydroxyl groups is 1. The summed E-state index contributed by atoms with van der Waals surface area (Å²) in [6.45, 7) is 3.14. The summed E-state index contributed by atoms with van der Waals surface area (Å²) >= 11 is 0. The highest BCUT2D eigenvalue weighted by Crippen LogP contribution is 2.36. The van der Waals surface area contributed by atoms with Crippen molar-refractivity contribution in [2.24, 2.45) is 7.05 Å². The molecule has 0 saturated heterocycles. The molecule has 1 atom stereocenters. The highest BCUT2D eigenvalue weighted by molar-refractivity contribution is 6.08. The molecule has 3 amide bonds. The van der Waals surface area contributed by atoms with Crippen molar-refractivity contribution in [3.05, 3.63) is 148 Å². The summed E-state index contributed by atoms with van der Waals surface area (Å²) in [6.07, 6.45) is 1.54. The molecule has 0 spiro atoms. The summed E-state index contributed by atoms with van der Waals surface area (Å²) in [6, 6.07) is 32.9. The van der Waals surface area contributed by atoms with Gasteiger partial charge in [-0.15, -0.1) is 0 Å². The van der Waals surface area contributed by atoms with Crippen molar-refractivity contribution in [2.45, 2.75) is 45.3 Å². The number of anilines is 1. The van der Waals surface area contributed by atoms with Crippen molar-refractivity contribution in [3.63, 3.8) is 0 Å². The molecular weight excluding hydrogens is 624 g/mol. The first-order chi connectivity index (χ1) is 24.2. The topological polar surface area (TPSA) is 86.1 Å². The monoisotopic (exact) mass is 666 g/mol. The van der Waals surface area contributed by atoms with E-state index < -0.39 is 0 Å². The van der Waals surface area contributed by atoms with Crippen LogP contribution in [0.2, 0.25) is 0 Å². The minimum Gasteiger partial charge on any atom is -0.394 e. The molecule has 8 nitrogen and oxygen atoms in total. The lowest BCUT2D eigenvalue weighted by Crippen LogP contribution is -2.46. The van der Waals surface area contributed by atoms with Crippen LogP contribution in [0.4, 0.5) is 5.69 Å². The van der Waals surface area contributed by atoms with E-state index in [1.54, 1.807) is 16.8 Å². The van der Waals surface area contributed by atoms with Crippen LogP contribution in [0.15, 0.2) is 103 Å². The van der Waals surface area contributed by atoms with Crippen LogP contribution >= 0.6 is 0 Å². The van der Waals surface area contributed by atoms with Gasteiger partial charge in [0.15, 0.2) is 0 Å². The molecule has 2 aliphatic rings. The first-order valence-corrected chi connectivity index (χ1v) is 17.2. The fourth-order valence-electron chi connectivity index (χ4n) is 7.36. The summed E-state index contributed by atoms with van der Waals surface area (Å²) in [5, 5.41) is 10.5. The lowest BCUT2D eigenvalue weighted by Gasteiger charge is -2.37. The Labute approximate surface area is 293 Å². The summed E-state index contributed by atoms with van der Waals surface area (Å²) in [4.78, 5) is 47.4. The number of nitrogens with zero attached hydrogens (tertiary/aromatic N) is 4. The van der Waals surface area contributed by atoms with E-state index in [-0.39, 0.29) is 30.4 Å². The second kappa shape index (κ2) is 13.8. The predicted octanol–water partition coefficient (Wildman–Crippen LogP) is 5.96. The van der Waals surface area contributed by atoms with E-state index in [0.29, 0.717) is 50.0 Å². The zero-order chi connectivity index (χ0) is 34.9. The van der Waals surface area contributed by atoms with Gasteiger partial charge in [0, 0.05) is 61.9 Å². The molecule has 0 radical (unpaired) electrons. The van der Waals surface area contributed by atoms with E-state index in [9.17, 15) is 19.5 Å². The van der Waals surface area contributed by atoms with Crippen LogP contribution in [0.1, 0.15) is 54.2 Å². The van der Waals surface area contributed by atoms with Crippen LogP contribution in [0.25, 0.3) is 11.3 Å². The molecule has 8 heteroatoms. The average Bonchev–Trinajstić information content (AvgIpc) is 3.46. The number of carbonyl (C=O) groups excluding carboxylic acids is 3. The van der Waals surface area contributed by atoms with Crippen molar-refractivity contribution >= 4 is 23.4 Å². The number of hydrogen-bond acceptors (Lipinski definition) is 4. The van der Waals surface area contributed by atoms with E-state index in [0.717, 1.165) is 50.5 Å². The molecule has 0 fully saturated rings. The highest BCUT2D eigenvalue weighted by atomic mass is 16.3. The summed E-state index contributed by atoms with van der Waals surface area (Å²) in [5.41, 5.74) is 9.33. The third-order valence-electron chi connectivity index (χ3n) is 10.5. The number of carbonyl (C=O) groups is 3. The lowest BCUT2D eigenvalue weighted by molar-refractivity contribution is -0.131. The maximum absolute atomic E-state index is 14.8. The van der Waals surface area contributed by atoms with Gasteiger partial charge in [-0.3, -0.25) is 14.4 Å². The van der Waals surface area contributed by atoms with Gasteiger partial charge in [-0.05, 0) is 77.9 Å². The quantitative estimate of drug-likeness (QED) is 0.232. The smallest absolute Gasteiger partial charge is 0.259 e. The molecule has 3 heterocycles. The van der Waals surface area contributed by atoms with Crippen molar-refractivity contribution < 1.29 is 19.5 Å². The SMILES string of the molecule is Cc1c(C(=O)N(C)c2ccccc2)cc(-c2cc3c(cc2C(=O)N2Cc4ccccc4C[C@H]2CO)CN(C(=O)Cc2ccccc2)CC3)n1C. The normalized spacial score (nSPS) is 15.3. The molecular formula is C42H42N4O4. The average molecular weight is 667 g/mol. The van der Waals surface area contributed by atoms with E-state index in [1.807, 2.05) is 114 Å². The molecule has 7 rings (SSSR count). The minimum atomic E-state index is -0.378. The Balaban J connectivity index is 1.29. The third kappa shape index (κ3) is 6.23. The van der Waals surface area contributed by atoms with E-state index in [2.05, 4.69) is 12.1 Å². The molecule has 0 saturated carbocycles. The Morgan fingerprint density at radius 1 is 0.800 bits per heavy atom. The van der Waals surface area contributed by atoms with Crippen LogP contribution in [0.5, 0.6) is 0 Å².